The molecule has 0 saturated carbocycles. The highest BCUT2D eigenvalue weighted by Crippen LogP contribution is 2.31. The van der Waals surface area contributed by atoms with E-state index >= 15 is 0 Å². The van der Waals surface area contributed by atoms with Crippen molar-refractivity contribution in [3.63, 3.8) is 0 Å². The quantitative estimate of drug-likeness (QED) is 0.576. The zero-order valence-electron chi connectivity index (χ0n) is 10.7. The lowest BCUT2D eigenvalue weighted by Gasteiger charge is -2.11. The van der Waals surface area contributed by atoms with Crippen molar-refractivity contribution in [2.75, 3.05) is 12.0 Å². The Kier molecular flexibility index (Phi) is 3.22. The highest BCUT2D eigenvalue weighted by Gasteiger charge is 2.25. The fourth-order valence-corrected chi connectivity index (χ4v) is 2.16. The number of benzene rings is 1. The molecule has 6 nitrogen and oxygen atoms in total. The first-order valence-electron chi connectivity index (χ1n) is 6.23. The van der Waals surface area contributed by atoms with Gasteiger partial charge in [0.25, 0.3) is 5.91 Å². The average Bonchev–Trinajstić information content (AvgIpc) is 2.90. The van der Waals surface area contributed by atoms with E-state index in [1.165, 1.54) is 6.20 Å². The molecule has 0 fully saturated rings. The molecule has 20 heavy (non-hydrogen) atoms. The second-order valence-corrected chi connectivity index (χ2v) is 4.45. The van der Waals surface area contributed by atoms with E-state index in [0.717, 1.165) is 11.3 Å². The van der Waals surface area contributed by atoms with Crippen LogP contribution in [0.25, 0.3) is 0 Å². The maximum Gasteiger partial charge on any atom is 0.270 e. The minimum Gasteiger partial charge on any atom is -0.491 e. The Balaban J connectivity index is 1.77. The van der Waals surface area contributed by atoms with Gasteiger partial charge < -0.3 is 15.5 Å². The number of carbonyl (C=O) groups excluding carboxylic acids is 1. The molecule has 0 spiro atoms. The number of nitrogens with one attached hydrogen (secondary N) is 2. The lowest BCUT2D eigenvalue weighted by molar-refractivity contribution is 0.0925. The second kappa shape index (κ2) is 5.18. The molecular formula is C14H14N4O2. The molecule has 1 unspecified atom stereocenters. The maximum absolute atomic E-state index is 12.2. The molecule has 1 aliphatic heterocycles. The molecule has 0 saturated heterocycles. The highest BCUT2D eigenvalue weighted by atomic mass is 16.5. The van der Waals surface area contributed by atoms with Crippen LogP contribution in [-0.2, 0) is 0 Å². The molecule has 0 radical (unpaired) electrons. The summed E-state index contributed by atoms with van der Waals surface area (Å²) in [5.74, 6) is 5.87. The van der Waals surface area contributed by atoms with E-state index in [2.05, 4.69) is 15.7 Å². The van der Waals surface area contributed by atoms with Crippen LogP contribution in [0.15, 0.2) is 42.6 Å². The molecule has 1 aliphatic rings. The number of para-hydroxylation sites is 1. The highest BCUT2D eigenvalue weighted by molar-refractivity contribution is 5.93. The number of hydrazine groups is 1. The number of aromatic nitrogens is 1. The first kappa shape index (κ1) is 12.4. The number of amides is 1. The van der Waals surface area contributed by atoms with Crippen LogP contribution in [0.4, 0.5) is 5.69 Å². The Morgan fingerprint density at radius 2 is 2.20 bits per heavy atom. The van der Waals surface area contributed by atoms with Gasteiger partial charge in [-0.2, -0.15) is 0 Å². The molecular weight excluding hydrogens is 256 g/mol. The number of nitrogens with zero attached hydrogens (tertiary/aromatic N) is 1. The van der Waals surface area contributed by atoms with Gasteiger partial charge >= 0.3 is 0 Å². The number of carbonyl (C=O) groups is 1. The fourth-order valence-electron chi connectivity index (χ4n) is 2.16. The van der Waals surface area contributed by atoms with Crippen LogP contribution in [-0.4, -0.2) is 17.5 Å². The summed E-state index contributed by atoms with van der Waals surface area (Å²) in [6.45, 7) is 0.430. The van der Waals surface area contributed by atoms with E-state index in [1.54, 1.807) is 12.1 Å². The number of nitrogen functional groups attached to an aromatic ring is 1. The van der Waals surface area contributed by atoms with Crippen molar-refractivity contribution in [1.82, 2.24) is 10.3 Å². The first-order chi connectivity index (χ1) is 9.78. The summed E-state index contributed by atoms with van der Waals surface area (Å²) in [5, 5.41) is 2.91. The largest absolute Gasteiger partial charge is 0.491 e. The van der Waals surface area contributed by atoms with Crippen molar-refractivity contribution in [1.29, 1.82) is 0 Å². The lowest BCUT2D eigenvalue weighted by atomic mass is 10.1. The van der Waals surface area contributed by atoms with Crippen LogP contribution in [0.5, 0.6) is 5.75 Å². The molecule has 1 amide bonds. The normalized spacial score (nSPS) is 16.1. The molecule has 6 heteroatoms. The Morgan fingerprint density at radius 1 is 1.35 bits per heavy atom. The number of rotatable bonds is 3. The fraction of sp³-hybridized carbons (Fsp3) is 0.143. The van der Waals surface area contributed by atoms with Crippen LogP contribution in [0.1, 0.15) is 22.1 Å². The number of nitrogens with two attached hydrogens (primary N) is 1. The molecule has 3 rings (SSSR count). The van der Waals surface area contributed by atoms with E-state index in [-0.39, 0.29) is 11.9 Å². The number of fused-ring (bicyclic) bond motifs is 1. The maximum atomic E-state index is 12.2. The molecule has 102 valence electrons. The van der Waals surface area contributed by atoms with Crippen molar-refractivity contribution in [3.8, 4) is 5.75 Å². The number of hydrogen-bond donors (Lipinski definition) is 3. The Hall–Kier alpha value is -2.60. The second-order valence-electron chi connectivity index (χ2n) is 4.45. The van der Waals surface area contributed by atoms with Crippen molar-refractivity contribution in [2.45, 2.75) is 6.04 Å². The van der Waals surface area contributed by atoms with Gasteiger partial charge in [0.05, 0.1) is 11.7 Å². The summed E-state index contributed by atoms with van der Waals surface area (Å²) >= 11 is 0. The molecule has 2 aromatic rings. The third-order valence-electron chi connectivity index (χ3n) is 3.16. The van der Waals surface area contributed by atoms with E-state index in [4.69, 9.17) is 10.6 Å². The van der Waals surface area contributed by atoms with Crippen molar-refractivity contribution < 1.29 is 9.53 Å². The monoisotopic (exact) mass is 270 g/mol. The van der Waals surface area contributed by atoms with E-state index in [9.17, 15) is 4.79 Å². The van der Waals surface area contributed by atoms with Crippen molar-refractivity contribution >= 4 is 11.6 Å². The Morgan fingerprint density at radius 3 is 3.05 bits per heavy atom. The Bertz CT molecular complexity index is 645. The van der Waals surface area contributed by atoms with Crippen LogP contribution >= 0.6 is 0 Å². The minimum atomic E-state index is -0.257. The van der Waals surface area contributed by atoms with E-state index in [0.29, 0.717) is 18.0 Å². The average molecular weight is 270 g/mol. The van der Waals surface area contributed by atoms with Crippen LogP contribution in [0.2, 0.25) is 0 Å². The summed E-state index contributed by atoms with van der Waals surface area (Å²) in [5.41, 5.74) is 4.41. The predicted octanol–water partition coefficient (Wildman–Crippen LogP) is 1.23. The summed E-state index contributed by atoms with van der Waals surface area (Å²) in [4.78, 5) is 16.2. The van der Waals surface area contributed by atoms with Gasteiger partial charge in [-0.05, 0) is 18.2 Å². The van der Waals surface area contributed by atoms with E-state index in [1.807, 2.05) is 24.3 Å². The zero-order chi connectivity index (χ0) is 13.9. The first-order valence-corrected chi connectivity index (χ1v) is 6.23. The van der Waals surface area contributed by atoms with Crippen LogP contribution in [0, 0.1) is 0 Å². The number of hydrogen-bond acceptors (Lipinski definition) is 5. The van der Waals surface area contributed by atoms with Gasteiger partial charge in [-0.25, -0.2) is 0 Å². The molecule has 4 N–H and O–H groups in total. The number of ether oxygens (including phenoxy) is 1. The van der Waals surface area contributed by atoms with Gasteiger partial charge in [0.2, 0.25) is 0 Å². The smallest absolute Gasteiger partial charge is 0.270 e. The molecule has 1 aromatic carbocycles. The van der Waals surface area contributed by atoms with Crippen molar-refractivity contribution in [2.24, 2.45) is 5.84 Å². The summed E-state index contributed by atoms with van der Waals surface area (Å²) in [6, 6.07) is 10.8. The van der Waals surface area contributed by atoms with Crippen molar-refractivity contribution in [3.05, 3.63) is 53.9 Å². The van der Waals surface area contributed by atoms with Gasteiger partial charge in [-0.1, -0.05) is 18.2 Å². The summed E-state index contributed by atoms with van der Waals surface area (Å²) in [7, 11) is 0. The third kappa shape index (κ3) is 2.28. The standard InChI is InChI=1S/C14H14N4O2/c15-18-9-5-6-16-11(7-9)14(19)17-12-8-20-13-4-2-1-3-10(12)13/h1-7,12H,8,15H2,(H,16,18)(H,17,19). The van der Waals surface area contributed by atoms with Crippen LogP contribution in [0.3, 0.4) is 0 Å². The SMILES string of the molecule is NNc1ccnc(C(=O)NC2COc3ccccc32)c1. The zero-order valence-corrected chi connectivity index (χ0v) is 10.7. The number of anilines is 1. The molecule has 2 heterocycles. The van der Waals surface area contributed by atoms with Crippen LogP contribution < -0.4 is 21.3 Å². The molecule has 0 aliphatic carbocycles. The van der Waals surface area contributed by atoms with E-state index < -0.39 is 0 Å². The topological polar surface area (TPSA) is 89.3 Å². The Labute approximate surface area is 115 Å². The van der Waals surface area contributed by atoms with Gasteiger partial charge in [-0.15, -0.1) is 0 Å². The summed E-state index contributed by atoms with van der Waals surface area (Å²) < 4.78 is 5.53. The third-order valence-corrected chi connectivity index (χ3v) is 3.16. The molecule has 0 bridgehead atoms. The van der Waals surface area contributed by atoms with Gasteiger partial charge in [0, 0.05) is 11.8 Å². The van der Waals surface area contributed by atoms with Gasteiger partial charge in [-0.3, -0.25) is 15.6 Å². The minimum absolute atomic E-state index is 0.157. The number of pyridine rings is 1. The molecule has 1 atom stereocenters. The van der Waals surface area contributed by atoms with Gasteiger partial charge in [0.1, 0.15) is 18.1 Å². The molecule has 1 aromatic heterocycles. The summed E-state index contributed by atoms with van der Waals surface area (Å²) in [6.07, 6.45) is 1.53. The van der Waals surface area contributed by atoms with Gasteiger partial charge in [0.15, 0.2) is 0 Å². The lowest BCUT2D eigenvalue weighted by Crippen LogP contribution is -2.30. The predicted molar refractivity (Wildman–Crippen MR) is 74.2 cm³/mol.